The normalized spacial score (nSPS) is 12.4. The van der Waals surface area contributed by atoms with Crippen LogP contribution in [0.4, 0.5) is 0 Å². The molecule has 0 bridgehead atoms. The summed E-state index contributed by atoms with van der Waals surface area (Å²) in [4.78, 5) is 21.5. The van der Waals surface area contributed by atoms with Crippen molar-refractivity contribution in [1.29, 1.82) is 0 Å². The molecule has 0 aromatic carbocycles. The highest BCUT2D eigenvalue weighted by Crippen LogP contribution is 2.05. The third kappa shape index (κ3) is 2.41. The maximum atomic E-state index is 11.3. The minimum Gasteiger partial charge on any atom is -0.481 e. The van der Waals surface area contributed by atoms with Crippen molar-refractivity contribution in [2.45, 2.75) is 12.5 Å². The molecule has 1 unspecified atom stereocenters. The zero-order valence-electron chi connectivity index (χ0n) is 6.77. The number of Topliss-reactive ketones (excluding diaryl/α,β-unsaturated/α-hetero) is 1. The van der Waals surface area contributed by atoms with Crippen LogP contribution in [-0.4, -0.2) is 22.9 Å². The average Bonchev–Trinajstić information content (AvgIpc) is 2.53. The molecule has 1 rings (SSSR count). The van der Waals surface area contributed by atoms with Gasteiger partial charge >= 0.3 is 5.97 Å². The Bertz CT molecular complexity index is 304. The Balaban J connectivity index is 2.63. The molecule has 1 aromatic rings. The highest BCUT2D eigenvalue weighted by molar-refractivity contribution is 5.99. The molecule has 3 N–H and O–H groups in total. The van der Waals surface area contributed by atoms with Crippen molar-refractivity contribution in [3.63, 3.8) is 0 Å². The van der Waals surface area contributed by atoms with Gasteiger partial charge in [0.1, 0.15) is 0 Å². The van der Waals surface area contributed by atoms with Gasteiger partial charge in [0.15, 0.2) is 5.76 Å². The molecule has 0 saturated heterocycles. The fourth-order valence-corrected chi connectivity index (χ4v) is 0.882. The van der Waals surface area contributed by atoms with Gasteiger partial charge in [0.2, 0.25) is 5.78 Å². The summed E-state index contributed by atoms with van der Waals surface area (Å²) in [5, 5.41) is 8.37. The molecule has 0 fully saturated rings. The highest BCUT2D eigenvalue weighted by atomic mass is 16.4. The molecule has 0 saturated carbocycles. The highest BCUT2D eigenvalue weighted by Gasteiger charge is 2.20. The molecule has 0 aliphatic rings. The van der Waals surface area contributed by atoms with Crippen molar-refractivity contribution >= 4 is 11.8 Å². The van der Waals surface area contributed by atoms with E-state index in [2.05, 4.69) is 0 Å². The van der Waals surface area contributed by atoms with Crippen LogP contribution in [0.2, 0.25) is 0 Å². The Labute approximate surface area is 74.1 Å². The minimum atomic E-state index is -1.10. The van der Waals surface area contributed by atoms with Gasteiger partial charge in [-0.25, -0.2) is 0 Å². The molecule has 70 valence electrons. The van der Waals surface area contributed by atoms with Gasteiger partial charge in [0, 0.05) is 0 Å². The summed E-state index contributed by atoms with van der Waals surface area (Å²) in [6.45, 7) is 0. The maximum absolute atomic E-state index is 11.3. The molecule has 0 aliphatic heterocycles. The Morgan fingerprint density at radius 1 is 1.62 bits per heavy atom. The third-order valence-electron chi connectivity index (χ3n) is 1.50. The van der Waals surface area contributed by atoms with E-state index >= 15 is 0 Å². The zero-order chi connectivity index (χ0) is 9.84. The predicted octanol–water partition coefficient (Wildman–Crippen LogP) is 0.264. The number of carboxylic acid groups (broad SMARTS) is 1. The van der Waals surface area contributed by atoms with E-state index in [-0.39, 0.29) is 12.2 Å². The number of furan rings is 1. The number of ketones is 1. The molecule has 5 nitrogen and oxygen atoms in total. The number of hydrogen-bond donors (Lipinski definition) is 2. The second-order valence-electron chi connectivity index (χ2n) is 2.55. The number of hydrogen-bond acceptors (Lipinski definition) is 4. The molecular weight excluding hydrogens is 174 g/mol. The fourth-order valence-electron chi connectivity index (χ4n) is 0.882. The van der Waals surface area contributed by atoms with E-state index in [9.17, 15) is 9.59 Å². The van der Waals surface area contributed by atoms with E-state index in [1.54, 1.807) is 6.07 Å². The first-order valence-electron chi connectivity index (χ1n) is 3.66. The zero-order valence-corrected chi connectivity index (χ0v) is 6.77. The molecule has 13 heavy (non-hydrogen) atoms. The summed E-state index contributed by atoms with van der Waals surface area (Å²) in [5.74, 6) is -1.51. The summed E-state index contributed by atoms with van der Waals surface area (Å²) in [6.07, 6.45) is 0.945. The summed E-state index contributed by atoms with van der Waals surface area (Å²) >= 11 is 0. The van der Waals surface area contributed by atoms with Crippen LogP contribution in [0.3, 0.4) is 0 Å². The smallest absolute Gasteiger partial charge is 0.305 e. The van der Waals surface area contributed by atoms with E-state index in [0.717, 1.165) is 0 Å². The predicted molar refractivity (Wildman–Crippen MR) is 43.3 cm³/mol. The minimum absolute atomic E-state index is 0.0914. The largest absolute Gasteiger partial charge is 0.481 e. The van der Waals surface area contributed by atoms with E-state index in [1.165, 1.54) is 12.3 Å². The van der Waals surface area contributed by atoms with Crippen LogP contribution < -0.4 is 5.73 Å². The second kappa shape index (κ2) is 3.86. The quantitative estimate of drug-likeness (QED) is 0.653. The van der Waals surface area contributed by atoms with Crippen LogP contribution in [0.5, 0.6) is 0 Å². The molecular formula is C8H9NO4. The number of carbonyl (C=O) groups excluding carboxylic acids is 1. The van der Waals surface area contributed by atoms with Gasteiger partial charge in [0.05, 0.1) is 18.7 Å². The molecule has 0 aliphatic carbocycles. The van der Waals surface area contributed by atoms with Gasteiger partial charge in [-0.3, -0.25) is 9.59 Å². The third-order valence-corrected chi connectivity index (χ3v) is 1.50. The SMILES string of the molecule is NC(CC(=O)O)C(=O)c1ccco1. The lowest BCUT2D eigenvalue weighted by molar-refractivity contribution is -0.137. The van der Waals surface area contributed by atoms with Crippen molar-refractivity contribution in [1.82, 2.24) is 0 Å². The maximum Gasteiger partial charge on any atom is 0.305 e. The van der Waals surface area contributed by atoms with E-state index < -0.39 is 17.8 Å². The van der Waals surface area contributed by atoms with Crippen molar-refractivity contribution in [2.24, 2.45) is 5.73 Å². The van der Waals surface area contributed by atoms with Gasteiger partial charge in [-0.2, -0.15) is 0 Å². The summed E-state index contributed by atoms with van der Waals surface area (Å²) in [7, 11) is 0. The lowest BCUT2D eigenvalue weighted by Gasteiger charge is -2.04. The van der Waals surface area contributed by atoms with E-state index in [4.69, 9.17) is 15.3 Å². The van der Waals surface area contributed by atoms with E-state index in [0.29, 0.717) is 0 Å². The number of carboxylic acids is 1. The van der Waals surface area contributed by atoms with Gasteiger partial charge in [0.25, 0.3) is 0 Å². The molecule has 1 aromatic heterocycles. The molecule has 0 amide bonds. The van der Waals surface area contributed by atoms with Crippen molar-refractivity contribution in [3.05, 3.63) is 24.2 Å². The van der Waals surface area contributed by atoms with Gasteiger partial charge in [-0.05, 0) is 12.1 Å². The number of aliphatic carboxylic acids is 1. The summed E-state index contributed by atoms with van der Waals surface area (Å²) < 4.78 is 4.78. The topological polar surface area (TPSA) is 93.5 Å². The number of carbonyl (C=O) groups is 2. The first-order valence-corrected chi connectivity index (χ1v) is 3.66. The summed E-state index contributed by atoms with van der Waals surface area (Å²) in [6, 6.07) is 1.95. The number of nitrogens with two attached hydrogens (primary N) is 1. The molecule has 0 radical (unpaired) electrons. The molecule has 0 spiro atoms. The first kappa shape index (κ1) is 9.47. The van der Waals surface area contributed by atoms with Crippen LogP contribution in [0.15, 0.2) is 22.8 Å². The Kier molecular flexibility index (Phi) is 2.81. The van der Waals surface area contributed by atoms with Crippen molar-refractivity contribution in [3.8, 4) is 0 Å². The monoisotopic (exact) mass is 183 g/mol. The Morgan fingerprint density at radius 2 is 2.31 bits per heavy atom. The van der Waals surface area contributed by atoms with Gasteiger partial charge in [-0.15, -0.1) is 0 Å². The van der Waals surface area contributed by atoms with Crippen LogP contribution in [-0.2, 0) is 4.79 Å². The van der Waals surface area contributed by atoms with Crippen LogP contribution in [0.1, 0.15) is 17.0 Å². The molecule has 1 heterocycles. The van der Waals surface area contributed by atoms with Gasteiger partial charge in [-0.1, -0.05) is 0 Å². The van der Waals surface area contributed by atoms with Gasteiger partial charge < -0.3 is 15.3 Å². The Morgan fingerprint density at radius 3 is 2.77 bits per heavy atom. The van der Waals surface area contributed by atoms with Crippen LogP contribution >= 0.6 is 0 Å². The second-order valence-corrected chi connectivity index (χ2v) is 2.55. The van der Waals surface area contributed by atoms with Crippen LogP contribution in [0, 0.1) is 0 Å². The van der Waals surface area contributed by atoms with E-state index in [1.807, 2.05) is 0 Å². The van der Waals surface area contributed by atoms with Crippen molar-refractivity contribution in [2.75, 3.05) is 0 Å². The molecule has 1 atom stereocenters. The van der Waals surface area contributed by atoms with Crippen molar-refractivity contribution < 1.29 is 19.1 Å². The Hall–Kier alpha value is -1.62. The first-order chi connectivity index (χ1) is 6.11. The average molecular weight is 183 g/mol. The lowest BCUT2D eigenvalue weighted by Crippen LogP contribution is -2.32. The number of rotatable bonds is 4. The lowest BCUT2D eigenvalue weighted by atomic mass is 10.1. The molecule has 5 heteroatoms. The standard InChI is InChI=1S/C8H9NO4/c9-5(4-7(10)11)8(12)6-2-1-3-13-6/h1-3,5H,4,9H2,(H,10,11). The summed E-state index contributed by atoms with van der Waals surface area (Å²) in [5.41, 5.74) is 5.32. The van der Waals surface area contributed by atoms with Crippen LogP contribution in [0.25, 0.3) is 0 Å². The fraction of sp³-hybridized carbons (Fsp3) is 0.250.